The van der Waals surface area contributed by atoms with E-state index in [0.717, 1.165) is 38.3 Å². The lowest BCUT2D eigenvalue weighted by atomic mass is 10.0. The molecule has 0 saturated heterocycles. The molecule has 1 heterocycles. The van der Waals surface area contributed by atoms with Crippen molar-refractivity contribution < 1.29 is 14.4 Å². The molecule has 0 aromatic carbocycles. The molecule has 0 bridgehead atoms. The molecular formula is C22H43N2O2+. The Labute approximate surface area is 161 Å². The first-order valence-corrected chi connectivity index (χ1v) is 11.3. The zero-order chi connectivity index (χ0) is 19.1. The standard InChI is InChI=1S/C22H42N2O2/c1-3-5-6-7-8-9-10-11-12-13-14-15-16-21-23-17-19-24(21,18-4-2)20-22(25)26/h3-20H2,1-2H3/p+1. The summed E-state index contributed by atoms with van der Waals surface area (Å²) in [5, 5.41) is 9.29. The van der Waals surface area contributed by atoms with Crippen molar-refractivity contribution in [1.82, 2.24) is 0 Å². The maximum atomic E-state index is 11.3. The van der Waals surface area contributed by atoms with E-state index >= 15 is 0 Å². The van der Waals surface area contributed by atoms with Gasteiger partial charge in [-0.3, -0.25) is 4.48 Å². The van der Waals surface area contributed by atoms with Crippen LogP contribution in [0.4, 0.5) is 0 Å². The van der Waals surface area contributed by atoms with Crippen LogP contribution in [-0.4, -0.2) is 47.6 Å². The Hall–Kier alpha value is -0.900. The largest absolute Gasteiger partial charge is 0.477 e. The third-order valence-electron chi connectivity index (χ3n) is 5.71. The van der Waals surface area contributed by atoms with Crippen molar-refractivity contribution in [3.63, 3.8) is 0 Å². The second-order valence-corrected chi connectivity index (χ2v) is 8.08. The molecule has 152 valence electrons. The third-order valence-corrected chi connectivity index (χ3v) is 5.71. The van der Waals surface area contributed by atoms with Crippen molar-refractivity contribution in [1.29, 1.82) is 0 Å². The molecule has 0 fully saturated rings. The second kappa shape index (κ2) is 14.2. The van der Waals surface area contributed by atoms with Crippen LogP contribution in [0.2, 0.25) is 0 Å². The lowest BCUT2D eigenvalue weighted by Gasteiger charge is -2.33. The number of hydrogen-bond donors (Lipinski definition) is 1. The van der Waals surface area contributed by atoms with E-state index < -0.39 is 5.97 Å². The number of rotatable bonds is 17. The Balaban J connectivity index is 2.08. The summed E-state index contributed by atoms with van der Waals surface area (Å²) in [6.45, 7) is 7.23. The van der Waals surface area contributed by atoms with Crippen molar-refractivity contribution in [3.05, 3.63) is 0 Å². The van der Waals surface area contributed by atoms with E-state index in [1.165, 1.54) is 77.0 Å². The van der Waals surface area contributed by atoms with Gasteiger partial charge in [-0.2, -0.15) is 0 Å². The van der Waals surface area contributed by atoms with Gasteiger partial charge in [0.2, 0.25) is 0 Å². The highest BCUT2D eigenvalue weighted by Crippen LogP contribution is 2.21. The minimum atomic E-state index is -0.692. The molecule has 0 saturated carbocycles. The van der Waals surface area contributed by atoms with Crippen LogP contribution in [0.3, 0.4) is 0 Å². The Morgan fingerprint density at radius 1 is 0.885 bits per heavy atom. The van der Waals surface area contributed by atoms with Gasteiger partial charge in [0.15, 0.2) is 12.4 Å². The second-order valence-electron chi connectivity index (χ2n) is 8.08. The van der Waals surface area contributed by atoms with Gasteiger partial charge in [0, 0.05) is 6.42 Å². The Bertz CT molecular complexity index is 409. The first kappa shape index (κ1) is 23.1. The zero-order valence-electron chi connectivity index (χ0n) is 17.5. The number of amidine groups is 1. The first-order chi connectivity index (χ1) is 12.6. The fourth-order valence-corrected chi connectivity index (χ4v) is 4.27. The van der Waals surface area contributed by atoms with Crippen LogP contribution in [0.25, 0.3) is 0 Å². The minimum Gasteiger partial charge on any atom is -0.477 e. The van der Waals surface area contributed by atoms with Gasteiger partial charge >= 0.3 is 5.97 Å². The summed E-state index contributed by atoms with van der Waals surface area (Å²) in [6, 6.07) is 0. The molecule has 0 amide bonds. The summed E-state index contributed by atoms with van der Waals surface area (Å²) in [5.74, 6) is 0.462. The van der Waals surface area contributed by atoms with E-state index in [9.17, 15) is 9.90 Å². The van der Waals surface area contributed by atoms with Gasteiger partial charge in [-0.05, 0) is 12.8 Å². The molecule has 1 rings (SSSR count). The van der Waals surface area contributed by atoms with E-state index in [-0.39, 0.29) is 6.54 Å². The quantitative estimate of drug-likeness (QED) is 0.261. The summed E-state index contributed by atoms with van der Waals surface area (Å²) in [7, 11) is 0. The number of hydrogen-bond acceptors (Lipinski definition) is 2. The number of nitrogens with zero attached hydrogens (tertiary/aromatic N) is 2. The van der Waals surface area contributed by atoms with Gasteiger partial charge in [-0.15, -0.1) is 0 Å². The van der Waals surface area contributed by atoms with Crippen molar-refractivity contribution in [2.45, 2.75) is 104 Å². The average Bonchev–Trinajstić information content (AvgIpc) is 2.97. The summed E-state index contributed by atoms with van der Waals surface area (Å²) >= 11 is 0. The van der Waals surface area contributed by atoms with E-state index in [0.29, 0.717) is 4.48 Å². The number of carboxylic acids is 1. The molecule has 4 heteroatoms. The summed E-state index contributed by atoms with van der Waals surface area (Å²) in [5.41, 5.74) is 0. The van der Waals surface area contributed by atoms with Gasteiger partial charge in [0.1, 0.15) is 6.54 Å². The molecule has 26 heavy (non-hydrogen) atoms. The Morgan fingerprint density at radius 2 is 1.42 bits per heavy atom. The Kier molecular flexibility index (Phi) is 12.6. The molecule has 1 aliphatic heterocycles. The van der Waals surface area contributed by atoms with Crippen molar-refractivity contribution >= 4 is 11.8 Å². The number of quaternary nitrogens is 1. The van der Waals surface area contributed by atoms with E-state index in [1.807, 2.05) is 0 Å². The minimum absolute atomic E-state index is 0.213. The summed E-state index contributed by atoms with van der Waals surface area (Å²) in [6.07, 6.45) is 18.3. The fraction of sp³-hybridized carbons (Fsp3) is 0.909. The monoisotopic (exact) mass is 367 g/mol. The average molecular weight is 368 g/mol. The van der Waals surface area contributed by atoms with Crippen molar-refractivity contribution in [3.8, 4) is 0 Å². The lowest BCUT2D eigenvalue weighted by Crippen LogP contribution is -2.54. The topological polar surface area (TPSA) is 49.7 Å². The molecule has 1 N–H and O–H groups in total. The van der Waals surface area contributed by atoms with Crippen molar-refractivity contribution in [2.75, 3.05) is 26.2 Å². The molecular weight excluding hydrogens is 324 g/mol. The normalized spacial score (nSPS) is 19.7. The van der Waals surface area contributed by atoms with Gasteiger partial charge in [0.05, 0.1) is 13.1 Å². The lowest BCUT2D eigenvalue weighted by molar-refractivity contribution is -0.828. The van der Waals surface area contributed by atoms with Gasteiger partial charge in [0.25, 0.3) is 0 Å². The van der Waals surface area contributed by atoms with E-state index in [1.54, 1.807) is 0 Å². The first-order valence-electron chi connectivity index (χ1n) is 11.3. The molecule has 0 spiro atoms. The summed E-state index contributed by atoms with van der Waals surface area (Å²) in [4.78, 5) is 16.0. The van der Waals surface area contributed by atoms with Gasteiger partial charge in [-0.1, -0.05) is 84.5 Å². The van der Waals surface area contributed by atoms with E-state index in [2.05, 4.69) is 18.8 Å². The zero-order valence-corrected chi connectivity index (χ0v) is 17.5. The van der Waals surface area contributed by atoms with Crippen LogP contribution >= 0.6 is 0 Å². The van der Waals surface area contributed by atoms with Crippen molar-refractivity contribution in [2.24, 2.45) is 4.99 Å². The number of carboxylic acid groups (broad SMARTS) is 1. The molecule has 4 nitrogen and oxygen atoms in total. The highest BCUT2D eigenvalue weighted by atomic mass is 16.4. The highest BCUT2D eigenvalue weighted by molar-refractivity contribution is 5.80. The molecule has 0 aromatic heterocycles. The fourth-order valence-electron chi connectivity index (χ4n) is 4.27. The highest BCUT2D eigenvalue weighted by Gasteiger charge is 2.38. The van der Waals surface area contributed by atoms with Gasteiger partial charge < -0.3 is 5.11 Å². The maximum absolute atomic E-state index is 11.3. The molecule has 1 unspecified atom stereocenters. The van der Waals surface area contributed by atoms with Crippen LogP contribution in [0, 0.1) is 0 Å². The third kappa shape index (κ3) is 9.16. The number of aliphatic carboxylic acids is 1. The van der Waals surface area contributed by atoms with Gasteiger partial charge in [-0.25, -0.2) is 9.79 Å². The van der Waals surface area contributed by atoms with Crippen LogP contribution in [0.15, 0.2) is 4.99 Å². The smallest absolute Gasteiger partial charge is 0.359 e. The number of unbranched alkanes of at least 4 members (excludes halogenated alkanes) is 11. The molecule has 0 aliphatic carbocycles. The number of carbonyl (C=O) groups is 1. The maximum Gasteiger partial charge on any atom is 0.359 e. The summed E-state index contributed by atoms with van der Waals surface area (Å²) < 4.78 is 0.615. The number of aliphatic imine (C=N–C) groups is 1. The predicted molar refractivity (Wildman–Crippen MR) is 111 cm³/mol. The molecule has 1 atom stereocenters. The van der Waals surface area contributed by atoms with E-state index in [4.69, 9.17) is 0 Å². The Morgan fingerprint density at radius 3 is 1.92 bits per heavy atom. The molecule has 0 aromatic rings. The van der Waals surface area contributed by atoms with Crippen LogP contribution in [0.5, 0.6) is 0 Å². The molecule has 1 aliphatic rings. The SMILES string of the molecule is CCCCCCCCCCCCCCC1=NCC[N+]1(CCC)CC(=O)O. The molecule has 0 radical (unpaired) electrons. The van der Waals surface area contributed by atoms with Crippen LogP contribution in [-0.2, 0) is 4.79 Å². The predicted octanol–water partition coefficient (Wildman–Crippen LogP) is 5.80. The van der Waals surface area contributed by atoms with Crippen LogP contribution < -0.4 is 0 Å². The van der Waals surface area contributed by atoms with Crippen LogP contribution in [0.1, 0.15) is 104 Å².